The van der Waals surface area contributed by atoms with Crippen molar-refractivity contribution in [2.75, 3.05) is 11.9 Å². The molecule has 0 aromatic heterocycles. The molecule has 0 saturated carbocycles. The lowest BCUT2D eigenvalue weighted by atomic mass is 9.90. The first-order chi connectivity index (χ1) is 8.66. The van der Waals surface area contributed by atoms with E-state index in [9.17, 15) is 4.79 Å². The van der Waals surface area contributed by atoms with E-state index in [-0.39, 0.29) is 6.04 Å². The number of para-hydroxylation sites is 1. The van der Waals surface area contributed by atoms with Crippen LogP contribution in [0.4, 0.5) is 5.69 Å². The quantitative estimate of drug-likeness (QED) is 0.824. The highest BCUT2D eigenvalue weighted by molar-refractivity contribution is 5.79. The highest BCUT2D eigenvalue weighted by Gasteiger charge is 2.34. The topological polar surface area (TPSA) is 32.3 Å². The van der Waals surface area contributed by atoms with Crippen molar-refractivity contribution in [2.24, 2.45) is 0 Å². The van der Waals surface area contributed by atoms with Gasteiger partial charge < -0.3 is 10.2 Å². The molecule has 1 aromatic rings. The van der Waals surface area contributed by atoms with Crippen LogP contribution in [-0.4, -0.2) is 23.4 Å². The fourth-order valence-electron chi connectivity index (χ4n) is 3.23. The second-order valence-corrected chi connectivity index (χ2v) is 5.53. The Bertz CT molecular complexity index is 483. The Hall–Kier alpha value is -1.51. The molecule has 1 aromatic carbocycles. The summed E-state index contributed by atoms with van der Waals surface area (Å²) in [6.07, 6.45) is 2.75. The largest absolute Gasteiger partial charge is 0.382 e. The van der Waals surface area contributed by atoms with Crippen LogP contribution >= 0.6 is 0 Å². The van der Waals surface area contributed by atoms with Crippen molar-refractivity contribution in [1.82, 2.24) is 4.90 Å². The van der Waals surface area contributed by atoms with Gasteiger partial charge in [0.15, 0.2) is 0 Å². The van der Waals surface area contributed by atoms with Gasteiger partial charge in [-0.2, -0.15) is 0 Å². The zero-order chi connectivity index (χ0) is 12.7. The van der Waals surface area contributed by atoms with E-state index in [0.29, 0.717) is 11.9 Å². The fourth-order valence-corrected chi connectivity index (χ4v) is 3.23. The Labute approximate surface area is 108 Å². The molecule has 2 heterocycles. The lowest BCUT2D eigenvalue weighted by Gasteiger charge is -2.37. The van der Waals surface area contributed by atoms with Crippen LogP contribution in [0.3, 0.4) is 0 Å². The van der Waals surface area contributed by atoms with Crippen molar-refractivity contribution < 1.29 is 4.79 Å². The molecule has 1 N–H and O–H groups in total. The molecule has 2 aliphatic heterocycles. The summed E-state index contributed by atoms with van der Waals surface area (Å²) in [6, 6.07) is 7.09. The summed E-state index contributed by atoms with van der Waals surface area (Å²) in [4.78, 5) is 14.1. The maximum absolute atomic E-state index is 12.0. The van der Waals surface area contributed by atoms with Crippen LogP contribution in [-0.2, 0) is 4.79 Å². The molecule has 3 heteroatoms. The summed E-state index contributed by atoms with van der Waals surface area (Å²) in [5.74, 6) is 0.321. The second-order valence-electron chi connectivity index (χ2n) is 5.53. The molecule has 0 bridgehead atoms. The molecule has 1 unspecified atom stereocenters. The van der Waals surface area contributed by atoms with Crippen molar-refractivity contribution in [3.63, 3.8) is 0 Å². The molecule has 3 rings (SSSR count). The van der Waals surface area contributed by atoms with Gasteiger partial charge >= 0.3 is 0 Å². The number of carbonyl (C=O) groups is 1. The van der Waals surface area contributed by atoms with E-state index in [1.165, 1.54) is 16.8 Å². The SMILES string of the molecule is Cc1cccc2c1N[C@H](C)CC2N1CCCC1=O. The number of hydrogen-bond acceptors (Lipinski definition) is 2. The van der Waals surface area contributed by atoms with E-state index in [1.807, 2.05) is 0 Å². The molecule has 1 amide bonds. The number of fused-ring (bicyclic) bond motifs is 1. The number of nitrogens with one attached hydrogen (secondary N) is 1. The van der Waals surface area contributed by atoms with Gasteiger partial charge in [0.1, 0.15) is 0 Å². The lowest BCUT2D eigenvalue weighted by Crippen LogP contribution is -2.37. The molecular weight excluding hydrogens is 224 g/mol. The van der Waals surface area contributed by atoms with Gasteiger partial charge in [-0.15, -0.1) is 0 Å². The number of anilines is 1. The Morgan fingerprint density at radius 3 is 2.94 bits per heavy atom. The normalized spacial score (nSPS) is 27.0. The van der Waals surface area contributed by atoms with Gasteiger partial charge in [-0.1, -0.05) is 18.2 Å². The van der Waals surface area contributed by atoms with Crippen LogP contribution in [0.5, 0.6) is 0 Å². The van der Waals surface area contributed by atoms with Crippen molar-refractivity contribution in [3.05, 3.63) is 29.3 Å². The first-order valence-electron chi connectivity index (χ1n) is 6.82. The van der Waals surface area contributed by atoms with Crippen molar-refractivity contribution in [1.29, 1.82) is 0 Å². The standard InChI is InChI=1S/C15H20N2O/c1-10-5-3-6-12-13(9-11(2)16-15(10)12)17-8-4-7-14(17)18/h3,5-6,11,13,16H,4,7-9H2,1-2H3/t11-,13?/m1/s1. The summed E-state index contributed by atoms with van der Waals surface area (Å²) in [5, 5.41) is 3.56. The third-order valence-electron chi connectivity index (χ3n) is 4.12. The van der Waals surface area contributed by atoms with E-state index < -0.39 is 0 Å². The third kappa shape index (κ3) is 1.78. The minimum absolute atomic E-state index is 0.270. The first kappa shape index (κ1) is 11.6. The van der Waals surface area contributed by atoms with Crippen molar-refractivity contribution in [3.8, 4) is 0 Å². The molecule has 0 aliphatic carbocycles. The Morgan fingerprint density at radius 1 is 1.39 bits per heavy atom. The maximum Gasteiger partial charge on any atom is 0.223 e. The van der Waals surface area contributed by atoms with Crippen molar-refractivity contribution in [2.45, 2.75) is 45.2 Å². The van der Waals surface area contributed by atoms with Gasteiger partial charge in [0.2, 0.25) is 5.91 Å². The van der Waals surface area contributed by atoms with Crippen molar-refractivity contribution >= 4 is 11.6 Å². The average Bonchev–Trinajstić information content (AvgIpc) is 2.76. The van der Waals surface area contributed by atoms with Gasteiger partial charge in [-0.3, -0.25) is 4.79 Å². The molecule has 3 nitrogen and oxygen atoms in total. The number of likely N-dealkylation sites (tertiary alicyclic amines) is 1. The Morgan fingerprint density at radius 2 is 2.22 bits per heavy atom. The number of aryl methyl sites for hydroxylation is 1. The van der Waals surface area contributed by atoms with E-state index in [0.717, 1.165) is 25.8 Å². The smallest absolute Gasteiger partial charge is 0.223 e. The number of rotatable bonds is 1. The average molecular weight is 244 g/mol. The third-order valence-corrected chi connectivity index (χ3v) is 4.12. The minimum Gasteiger partial charge on any atom is -0.382 e. The van der Waals surface area contributed by atoms with Crippen LogP contribution in [0.25, 0.3) is 0 Å². The van der Waals surface area contributed by atoms with Crippen LogP contribution in [0.15, 0.2) is 18.2 Å². The molecule has 1 saturated heterocycles. The van der Waals surface area contributed by atoms with Crippen LogP contribution in [0.2, 0.25) is 0 Å². The highest BCUT2D eigenvalue weighted by Crippen LogP contribution is 2.39. The molecule has 2 aliphatic rings. The van der Waals surface area contributed by atoms with E-state index in [2.05, 4.69) is 42.3 Å². The number of carbonyl (C=O) groups excluding carboxylic acids is 1. The number of amides is 1. The van der Waals surface area contributed by atoms with Crippen LogP contribution < -0.4 is 5.32 Å². The van der Waals surface area contributed by atoms with Gasteiger partial charge in [-0.25, -0.2) is 0 Å². The first-order valence-corrected chi connectivity index (χ1v) is 6.82. The Kier molecular flexibility index (Phi) is 2.77. The molecule has 18 heavy (non-hydrogen) atoms. The van der Waals surface area contributed by atoms with E-state index >= 15 is 0 Å². The summed E-state index contributed by atoms with van der Waals surface area (Å²) in [5.41, 5.74) is 3.81. The summed E-state index contributed by atoms with van der Waals surface area (Å²) in [7, 11) is 0. The molecule has 0 radical (unpaired) electrons. The summed E-state index contributed by atoms with van der Waals surface area (Å²) in [6.45, 7) is 5.25. The summed E-state index contributed by atoms with van der Waals surface area (Å²) < 4.78 is 0. The lowest BCUT2D eigenvalue weighted by molar-refractivity contribution is -0.130. The predicted octanol–water partition coefficient (Wildman–Crippen LogP) is 2.86. The molecule has 96 valence electrons. The number of nitrogens with zero attached hydrogens (tertiary/aromatic N) is 1. The van der Waals surface area contributed by atoms with E-state index in [1.54, 1.807) is 0 Å². The molecular formula is C15H20N2O. The highest BCUT2D eigenvalue weighted by atomic mass is 16.2. The number of hydrogen-bond donors (Lipinski definition) is 1. The fraction of sp³-hybridized carbons (Fsp3) is 0.533. The van der Waals surface area contributed by atoms with Crippen LogP contribution in [0, 0.1) is 6.92 Å². The van der Waals surface area contributed by atoms with Gasteiger partial charge in [-0.05, 0) is 37.8 Å². The van der Waals surface area contributed by atoms with Gasteiger partial charge in [0, 0.05) is 24.7 Å². The molecule has 2 atom stereocenters. The monoisotopic (exact) mass is 244 g/mol. The van der Waals surface area contributed by atoms with Gasteiger partial charge in [0.25, 0.3) is 0 Å². The molecule has 0 spiro atoms. The Balaban J connectivity index is 2.02. The molecule has 1 fully saturated rings. The second kappa shape index (κ2) is 4.30. The zero-order valence-corrected chi connectivity index (χ0v) is 11.1. The van der Waals surface area contributed by atoms with Crippen LogP contribution in [0.1, 0.15) is 43.4 Å². The maximum atomic E-state index is 12.0. The minimum atomic E-state index is 0.270. The van der Waals surface area contributed by atoms with E-state index in [4.69, 9.17) is 0 Å². The zero-order valence-electron chi connectivity index (χ0n) is 11.1. The number of benzene rings is 1. The van der Waals surface area contributed by atoms with Gasteiger partial charge in [0.05, 0.1) is 6.04 Å². The summed E-state index contributed by atoms with van der Waals surface area (Å²) >= 11 is 0. The predicted molar refractivity (Wildman–Crippen MR) is 72.6 cm³/mol.